The number of fused-ring (bicyclic) bond motifs is 1. The van der Waals surface area contributed by atoms with E-state index in [-0.39, 0.29) is 0 Å². The molecular weight excluding hydrogens is 186 g/mol. The number of nitrogens with two attached hydrogens (primary N) is 1. The van der Waals surface area contributed by atoms with Crippen LogP contribution >= 0.6 is 0 Å². The predicted octanol–water partition coefficient (Wildman–Crippen LogP) is 2.34. The molecule has 2 nitrogen and oxygen atoms in total. The van der Waals surface area contributed by atoms with E-state index in [1.165, 1.54) is 0 Å². The van der Waals surface area contributed by atoms with E-state index in [2.05, 4.69) is 6.58 Å². The van der Waals surface area contributed by atoms with Crippen molar-refractivity contribution >= 4 is 22.3 Å². The molecule has 0 fully saturated rings. The minimum absolute atomic E-state index is 0.348. The van der Waals surface area contributed by atoms with Crippen LogP contribution in [-0.4, -0.2) is 5.91 Å². The Balaban J connectivity index is 2.56. The lowest BCUT2D eigenvalue weighted by atomic mass is 10.0. The van der Waals surface area contributed by atoms with Gasteiger partial charge in [-0.15, -0.1) is 0 Å². The van der Waals surface area contributed by atoms with E-state index < -0.39 is 5.91 Å². The Morgan fingerprint density at radius 3 is 2.40 bits per heavy atom. The number of rotatable bonds is 2. The van der Waals surface area contributed by atoms with Gasteiger partial charge in [0, 0.05) is 5.57 Å². The van der Waals surface area contributed by atoms with Crippen LogP contribution < -0.4 is 5.73 Å². The summed E-state index contributed by atoms with van der Waals surface area (Å²) in [7, 11) is 0. The van der Waals surface area contributed by atoms with Gasteiger partial charge in [-0.1, -0.05) is 43.0 Å². The summed E-state index contributed by atoms with van der Waals surface area (Å²) >= 11 is 0. The SMILES string of the molecule is C=C(C(N)=O)c1ccc2ccccc2c1. The van der Waals surface area contributed by atoms with E-state index in [1.807, 2.05) is 42.5 Å². The third-order valence-electron chi connectivity index (χ3n) is 2.40. The van der Waals surface area contributed by atoms with Crippen molar-refractivity contribution in [2.24, 2.45) is 5.73 Å². The lowest BCUT2D eigenvalue weighted by Crippen LogP contribution is -2.11. The van der Waals surface area contributed by atoms with Crippen molar-refractivity contribution in [2.45, 2.75) is 0 Å². The Morgan fingerprint density at radius 2 is 1.73 bits per heavy atom. The lowest BCUT2D eigenvalue weighted by Gasteiger charge is -2.03. The van der Waals surface area contributed by atoms with Crippen LogP contribution in [0.25, 0.3) is 16.3 Å². The van der Waals surface area contributed by atoms with Gasteiger partial charge in [-0.25, -0.2) is 0 Å². The summed E-state index contributed by atoms with van der Waals surface area (Å²) in [5.41, 5.74) is 6.30. The predicted molar refractivity (Wildman–Crippen MR) is 62.2 cm³/mol. The Kier molecular flexibility index (Phi) is 2.26. The van der Waals surface area contributed by atoms with Crippen molar-refractivity contribution in [1.82, 2.24) is 0 Å². The van der Waals surface area contributed by atoms with E-state index in [0.29, 0.717) is 5.57 Å². The number of carbonyl (C=O) groups is 1. The summed E-state index contributed by atoms with van der Waals surface area (Å²) in [4.78, 5) is 11.0. The maximum absolute atomic E-state index is 11.0. The summed E-state index contributed by atoms with van der Waals surface area (Å²) in [5.74, 6) is -0.481. The van der Waals surface area contributed by atoms with E-state index in [9.17, 15) is 4.79 Å². The van der Waals surface area contributed by atoms with Gasteiger partial charge in [0.05, 0.1) is 0 Å². The van der Waals surface area contributed by atoms with Crippen molar-refractivity contribution < 1.29 is 4.79 Å². The van der Waals surface area contributed by atoms with Crippen LogP contribution in [-0.2, 0) is 4.79 Å². The highest BCUT2D eigenvalue weighted by atomic mass is 16.1. The lowest BCUT2D eigenvalue weighted by molar-refractivity contribution is -0.112. The van der Waals surface area contributed by atoms with Crippen LogP contribution in [0.4, 0.5) is 0 Å². The molecule has 0 atom stereocenters. The van der Waals surface area contributed by atoms with Gasteiger partial charge in [-0.05, 0) is 22.4 Å². The van der Waals surface area contributed by atoms with Gasteiger partial charge in [-0.2, -0.15) is 0 Å². The molecule has 0 bridgehead atoms. The summed E-state index contributed by atoms with van der Waals surface area (Å²) in [5, 5.41) is 2.22. The number of hydrogen-bond donors (Lipinski definition) is 1. The van der Waals surface area contributed by atoms with Crippen LogP contribution in [0.15, 0.2) is 49.0 Å². The first-order chi connectivity index (χ1) is 7.18. The third-order valence-corrected chi connectivity index (χ3v) is 2.40. The fraction of sp³-hybridized carbons (Fsp3) is 0. The molecule has 2 aromatic rings. The average molecular weight is 197 g/mol. The standard InChI is InChI=1S/C13H11NO/c1-9(13(14)15)11-7-6-10-4-2-3-5-12(10)8-11/h2-8H,1H2,(H2,14,15). The van der Waals surface area contributed by atoms with Crippen molar-refractivity contribution in [3.63, 3.8) is 0 Å². The molecule has 2 heteroatoms. The molecular formula is C13H11NO. The zero-order valence-electron chi connectivity index (χ0n) is 8.23. The van der Waals surface area contributed by atoms with Crippen LogP contribution in [0.2, 0.25) is 0 Å². The highest BCUT2D eigenvalue weighted by molar-refractivity contribution is 6.18. The molecule has 0 spiro atoms. The summed E-state index contributed by atoms with van der Waals surface area (Å²) < 4.78 is 0. The minimum atomic E-state index is -0.481. The average Bonchev–Trinajstić information content (AvgIpc) is 2.27. The number of amides is 1. The molecule has 0 aliphatic rings. The van der Waals surface area contributed by atoms with Gasteiger partial charge < -0.3 is 5.73 Å². The molecule has 2 N–H and O–H groups in total. The van der Waals surface area contributed by atoms with E-state index in [0.717, 1.165) is 16.3 Å². The second kappa shape index (κ2) is 3.58. The van der Waals surface area contributed by atoms with Crippen molar-refractivity contribution in [3.05, 3.63) is 54.6 Å². The minimum Gasteiger partial charge on any atom is -0.366 e. The van der Waals surface area contributed by atoms with Gasteiger partial charge in [0.25, 0.3) is 0 Å². The van der Waals surface area contributed by atoms with Gasteiger partial charge >= 0.3 is 0 Å². The second-order valence-electron chi connectivity index (χ2n) is 3.40. The molecule has 74 valence electrons. The van der Waals surface area contributed by atoms with Crippen molar-refractivity contribution in [1.29, 1.82) is 0 Å². The first-order valence-corrected chi connectivity index (χ1v) is 4.66. The molecule has 0 unspecified atom stereocenters. The first-order valence-electron chi connectivity index (χ1n) is 4.66. The summed E-state index contributed by atoms with van der Waals surface area (Å²) in [6, 6.07) is 13.7. The van der Waals surface area contributed by atoms with E-state index in [1.54, 1.807) is 0 Å². The van der Waals surface area contributed by atoms with Crippen LogP contribution in [0.1, 0.15) is 5.56 Å². The summed E-state index contributed by atoms with van der Waals surface area (Å²) in [6.45, 7) is 3.66. The fourth-order valence-electron chi connectivity index (χ4n) is 1.52. The normalized spacial score (nSPS) is 10.1. The Labute approximate surface area is 88.0 Å². The smallest absolute Gasteiger partial charge is 0.248 e. The maximum atomic E-state index is 11.0. The monoisotopic (exact) mass is 197 g/mol. The van der Waals surface area contributed by atoms with Crippen LogP contribution in [0, 0.1) is 0 Å². The molecule has 0 aliphatic carbocycles. The largest absolute Gasteiger partial charge is 0.366 e. The van der Waals surface area contributed by atoms with Crippen molar-refractivity contribution in [3.8, 4) is 0 Å². The van der Waals surface area contributed by atoms with Gasteiger partial charge in [0.15, 0.2) is 0 Å². The number of carbonyl (C=O) groups excluding carboxylic acids is 1. The number of benzene rings is 2. The van der Waals surface area contributed by atoms with Crippen molar-refractivity contribution in [2.75, 3.05) is 0 Å². The molecule has 0 saturated carbocycles. The van der Waals surface area contributed by atoms with Crippen LogP contribution in [0.5, 0.6) is 0 Å². The number of hydrogen-bond acceptors (Lipinski definition) is 1. The fourth-order valence-corrected chi connectivity index (χ4v) is 1.52. The molecule has 0 radical (unpaired) electrons. The van der Waals surface area contributed by atoms with Gasteiger partial charge in [-0.3, -0.25) is 4.79 Å². The maximum Gasteiger partial charge on any atom is 0.248 e. The van der Waals surface area contributed by atoms with Gasteiger partial charge in [0.2, 0.25) is 5.91 Å². The second-order valence-corrected chi connectivity index (χ2v) is 3.40. The third kappa shape index (κ3) is 1.74. The Hall–Kier alpha value is -2.09. The van der Waals surface area contributed by atoms with Crippen LogP contribution in [0.3, 0.4) is 0 Å². The van der Waals surface area contributed by atoms with Gasteiger partial charge in [0.1, 0.15) is 0 Å². The van der Waals surface area contributed by atoms with E-state index in [4.69, 9.17) is 5.73 Å². The Morgan fingerprint density at radius 1 is 1.07 bits per heavy atom. The highest BCUT2D eigenvalue weighted by Crippen LogP contribution is 2.19. The zero-order valence-corrected chi connectivity index (χ0v) is 8.23. The molecule has 2 aromatic carbocycles. The molecule has 2 rings (SSSR count). The number of primary amides is 1. The molecule has 0 aliphatic heterocycles. The zero-order chi connectivity index (χ0) is 10.8. The van der Waals surface area contributed by atoms with E-state index >= 15 is 0 Å². The Bertz CT molecular complexity index is 543. The molecule has 0 heterocycles. The molecule has 1 amide bonds. The molecule has 15 heavy (non-hydrogen) atoms. The molecule has 0 aromatic heterocycles. The first kappa shape index (κ1) is 9.46. The highest BCUT2D eigenvalue weighted by Gasteiger charge is 2.04. The quantitative estimate of drug-likeness (QED) is 0.738. The molecule has 0 saturated heterocycles. The summed E-state index contributed by atoms with van der Waals surface area (Å²) in [6.07, 6.45) is 0. The topological polar surface area (TPSA) is 43.1 Å².